The molecule has 0 unspecified atom stereocenters. The summed E-state index contributed by atoms with van der Waals surface area (Å²) in [7, 11) is 1.72. The standard InChI is InChI=1S/C19H30N6O/c1-4-20-19(21-10-5-6-12-25-14-23-24-15-25)22-11-9-17-13-16(2)7-8-18(17)26-3/h7-8,13-15H,4-6,9-12H2,1-3H3,(H2,20,21,22). The van der Waals surface area contributed by atoms with Crippen molar-refractivity contribution in [2.45, 2.75) is 39.7 Å². The molecule has 0 aliphatic heterocycles. The largest absolute Gasteiger partial charge is 0.496 e. The molecule has 0 spiro atoms. The van der Waals surface area contributed by atoms with Crippen molar-refractivity contribution in [3.05, 3.63) is 42.0 Å². The van der Waals surface area contributed by atoms with E-state index >= 15 is 0 Å². The third kappa shape index (κ3) is 6.74. The SMILES string of the molecule is CCNC(=NCCCCn1cnnc1)NCCc1cc(C)ccc1OC. The Morgan fingerprint density at radius 1 is 1.19 bits per heavy atom. The Kier molecular flexibility index (Phi) is 8.45. The molecule has 2 rings (SSSR count). The first-order valence-electron chi connectivity index (χ1n) is 9.21. The number of rotatable bonds is 10. The number of aliphatic imine (C=N–C) groups is 1. The summed E-state index contributed by atoms with van der Waals surface area (Å²) in [4.78, 5) is 4.65. The van der Waals surface area contributed by atoms with Crippen LogP contribution < -0.4 is 15.4 Å². The van der Waals surface area contributed by atoms with Gasteiger partial charge in [-0.15, -0.1) is 10.2 Å². The molecule has 0 aliphatic rings. The molecule has 7 heteroatoms. The molecule has 0 atom stereocenters. The normalized spacial score (nSPS) is 11.4. The number of hydrogen-bond donors (Lipinski definition) is 2. The summed E-state index contributed by atoms with van der Waals surface area (Å²) in [5.41, 5.74) is 2.46. The summed E-state index contributed by atoms with van der Waals surface area (Å²) in [6.07, 6.45) is 6.47. The van der Waals surface area contributed by atoms with E-state index in [0.717, 1.165) is 57.2 Å². The van der Waals surface area contributed by atoms with E-state index in [0.29, 0.717) is 0 Å². The smallest absolute Gasteiger partial charge is 0.191 e. The molecule has 1 aromatic heterocycles. The van der Waals surface area contributed by atoms with Gasteiger partial charge in [-0.05, 0) is 44.7 Å². The van der Waals surface area contributed by atoms with E-state index in [1.54, 1.807) is 19.8 Å². The second-order valence-corrected chi connectivity index (χ2v) is 6.16. The number of unbranched alkanes of at least 4 members (excludes halogenated alkanes) is 1. The fraction of sp³-hybridized carbons (Fsp3) is 0.526. The lowest BCUT2D eigenvalue weighted by molar-refractivity contribution is 0.409. The maximum Gasteiger partial charge on any atom is 0.191 e. The highest BCUT2D eigenvalue weighted by Crippen LogP contribution is 2.19. The molecule has 142 valence electrons. The van der Waals surface area contributed by atoms with Crippen LogP contribution in [-0.4, -0.2) is 47.5 Å². The number of nitrogens with one attached hydrogen (secondary N) is 2. The molecule has 2 aromatic rings. The Hall–Kier alpha value is -2.57. The van der Waals surface area contributed by atoms with Crippen LogP contribution in [0.25, 0.3) is 0 Å². The maximum atomic E-state index is 5.44. The van der Waals surface area contributed by atoms with Crippen LogP contribution in [0.2, 0.25) is 0 Å². The minimum Gasteiger partial charge on any atom is -0.496 e. The molecule has 0 saturated heterocycles. The summed E-state index contributed by atoms with van der Waals surface area (Å²) in [5.74, 6) is 1.80. The summed E-state index contributed by atoms with van der Waals surface area (Å²) in [6, 6.07) is 6.27. The second kappa shape index (κ2) is 11.1. The molecule has 2 N–H and O–H groups in total. The molecule has 0 radical (unpaired) electrons. The summed E-state index contributed by atoms with van der Waals surface area (Å²) >= 11 is 0. The van der Waals surface area contributed by atoms with E-state index < -0.39 is 0 Å². The summed E-state index contributed by atoms with van der Waals surface area (Å²) < 4.78 is 7.43. The Morgan fingerprint density at radius 3 is 2.73 bits per heavy atom. The number of ether oxygens (including phenoxy) is 1. The average molecular weight is 358 g/mol. The maximum absolute atomic E-state index is 5.44. The van der Waals surface area contributed by atoms with Crippen LogP contribution in [0.1, 0.15) is 30.9 Å². The molecule has 0 fully saturated rings. The molecular formula is C19H30N6O. The molecule has 0 saturated carbocycles. The van der Waals surface area contributed by atoms with Crippen molar-refractivity contribution in [3.63, 3.8) is 0 Å². The van der Waals surface area contributed by atoms with Crippen molar-refractivity contribution < 1.29 is 4.74 Å². The van der Waals surface area contributed by atoms with Crippen molar-refractivity contribution >= 4 is 5.96 Å². The van der Waals surface area contributed by atoms with Crippen LogP contribution in [0.4, 0.5) is 0 Å². The van der Waals surface area contributed by atoms with Gasteiger partial charge in [0.1, 0.15) is 18.4 Å². The van der Waals surface area contributed by atoms with E-state index in [1.807, 2.05) is 10.6 Å². The Balaban J connectivity index is 1.75. The van der Waals surface area contributed by atoms with Gasteiger partial charge in [-0.1, -0.05) is 17.7 Å². The highest BCUT2D eigenvalue weighted by Gasteiger charge is 2.04. The van der Waals surface area contributed by atoms with Gasteiger partial charge in [0.25, 0.3) is 0 Å². The minimum atomic E-state index is 0.797. The van der Waals surface area contributed by atoms with Crippen molar-refractivity contribution in [1.29, 1.82) is 0 Å². The van der Waals surface area contributed by atoms with Gasteiger partial charge < -0.3 is 19.9 Å². The number of aryl methyl sites for hydroxylation is 2. The first-order valence-corrected chi connectivity index (χ1v) is 9.21. The molecule has 7 nitrogen and oxygen atoms in total. The zero-order valence-electron chi connectivity index (χ0n) is 16.0. The van der Waals surface area contributed by atoms with E-state index in [2.05, 4.69) is 51.8 Å². The van der Waals surface area contributed by atoms with Crippen molar-refractivity contribution in [3.8, 4) is 5.75 Å². The number of benzene rings is 1. The highest BCUT2D eigenvalue weighted by atomic mass is 16.5. The van der Waals surface area contributed by atoms with Gasteiger partial charge in [0, 0.05) is 26.2 Å². The highest BCUT2D eigenvalue weighted by molar-refractivity contribution is 5.79. The first-order chi connectivity index (χ1) is 12.7. The Labute approximate surface area is 155 Å². The zero-order chi connectivity index (χ0) is 18.6. The fourth-order valence-electron chi connectivity index (χ4n) is 2.69. The van der Waals surface area contributed by atoms with Crippen molar-refractivity contribution in [1.82, 2.24) is 25.4 Å². The van der Waals surface area contributed by atoms with E-state index in [9.17, 15) is 0 Å². The number of hydrogen-bond acceptors (Lipinski definition) is 4. The van der Waals surface area contributed by atoms with Crippen molar-refractivity contribution in [2.75, 3.05) is 26.7 Å². The van der Waals surface area contributed by atoms with Gasteiger partial charge in [-0.3, -0.25) is 4.99 Å². The third-order valence-corrected chi connectivity index (χ3v) is 4.03. The Bertz CT molecular complexity index is 669. The molecule has 26 heavy (non-hydrogen) atoms. The third-order valence-electron chi connectivity index (χ3n) is 4.03. The lowest BCUT2D eigenvalue weighted by atomic mass is 10.1. The van der Waals surface area contributed by atoms with Gasteiger partial charge in [-0.2, -0.15) is 0 Å². The summed E-state index contributed by atoms with van der Waals surface area (Å²) in [5, 5.41) is 14.3. The van der Waals surface area contributed by atoms with Crippen LogP contribution in [0.3, 0.4) is 0 Å². The van der Waals surface area contributed by atoms with Gasteiger partial charge >= 0.3 is 0 Å². The van der Waals surface area contributed by atoms with E-state index in [-0.39, 0.29) is 0 Å². The quantitative estimate of drug-likeness (QED) is 0.387. The molecule has 0 bridgehead atoms. The van der Waals surface area contributed by atoms with Gasteiger partial charge in [0.15, 0.2) is 5.96 Å². The number of guanidine groups is 1. The summed E-state index contributed by atoms with van der Waals surface area (Å²) in [6.45, 7) is 7.56. The topological polar surface area (TPSA) is 76.4 Å². The Morgan fingerprint density at radius 2 is 2.00 bits per heavy atom. The van der Waals surface area contributed by atoms with Crippen molar-refractivity contribution in [2.24, 2.45) is 4.99 Å². The van der Waals surface area contributed by atoms with Gasteiger partial charge in [-0.25, -0.2) is 0 Å². The predicted octanol–water partition coefficient (Wildman–Crippen LogP) is 2.17. The molecule has 0 aliphatic carbocycles. The predicted molar refractivity (Wildman–Crippen MR) is 105 cm³/mol. The second-order valence-electron chi connectivity index (χ2n) is 6.16. The van der Waals surface area contributed by atoms with Gasteiger partial charge in [0.2, 0.25) is 0 Å². The number of aromatic nitrogens is 3. The van der Waals surface area contributed by atoms with Crippen LogP contribution in [0.5, 0.6) is 5.75 Å². The lowest BCUT2D eigenvalue weighted by Gasteiger charge is -2.13. The molecule has 1 heterocycles. The van der Waals surface area contributed by atoms with E-state index in [4.69, 9.17) is 4.74 Å². The van der Waals surface area contributed by atoms with Crippen LogP contribution in [0.15, 0.2) is 35.8 Å². The molecular weight excluding hydrogens is 328 g/mol. The van der Waals surface area contributed by atoms with Crippen LogP contribution in [-0.2, 0) is 13.0 Å². The first kappa shape index (κ1) is 19.8. The van der Waals surface area contributed by atoms with E-state index in [1.165, 1.54) is 11.1 Å². The zero-order valence-corrected chi connectivity index (χ0v) is 16.0. The van der Waals surface area contributed by atoms with Gasteiger partial charge in [0.05, 0.1) is 7.11 Å². The number of methoxy groups -OCH3 is 1. The lowest BCUT2D eigenvalue weighted by Crippen LogP contribution is -2.38. The molecule has 1 aromatic carbocycles. The average Bonchev–Trinajstić information content (AvgIpc) is 3.15. The van der Waals surface area contributed by atoms with Crippen LogP contribution in [0, 0.1) is 6.92 Å². The fourth-order valence-corrected chi connectivity index (χ4v) is 2.69. The molecule has 0 amide bonds. The van der Waals surface area contributed by atoms with Crippen LogP contribution >= 0.6 is 0 Å². The number of nitrogens with zero attached hydrogens (tertiary/aromatic N) is 4. The minimum absolute atomic E-state index is 0.797. The monoisotopic (exact) mass is 358 g/mol.